The molecule has 19 heavy (non-hydrogen) atoms. The van der Waals surface area contributed by atoms with Crippen LogP contribution < -0.4 is 0 Å². The molecule has 0 N–H and O–H groups in total. The molecular weight excluding hydrogens is 271 g/mol. The Morgan fingerprint density at radius 1 is 1.37 bits per heavy atom. The van der Waals surface area contributed by atoms with Gasteiger partial charge < -0.3 is 9.15 Å². The van der Waals surface area contributed by atoms with Gasteiger partial charge >= 0.3 is 5.97 Å². The lowest BCUT2D eigenvalue weighted by atomic mass is 10.2. The first kappa shape index (κ1) is 13.5. The Hall–Kier alpha value is -1.89. The molecule has 0 spiro atoms. The molecule has 5 nitrogen and oxygen atoms in total. The molecule has 1 aromatic heterocycles. The smallest absolute Gasteiger partial charge is 0.319 e. The fourth-order valence-electron chi connectivity index (χ4n) is 1.33. The van der Waals surface area contributed by atoms with Crippen LogP contribution in [-0.2, 0) is 9.53 Å². The van der Waals surface area contributed by atoms with Crippen molar-refractivity contribution < 1.29 is 18.3 Å². The first-order valence-corrected chi connectivity index (χ1v) is 6.32. The van der Waals surface area contributed by atoms with Crippen LogP contribution in [0.1, 0.15) is 6.92 Å². The molecule has 0 amide bonds. The van der Waals surface area contributed by atoms with Gasteiger partial charge in [0.15, 0.2) is 0 Å². The summed E-state index contributed by atoms with van der Waals surface area (Å²) in [4.78, 5) is 11.3. The summed E-state index contributed by atoms with van der Waals surface area (Å²) in [6, 6.07) is 5.70. The van der Waals surface area contributed by atoms with Crippen LogP contribution in [0.5, 0.6) is 0 Å². The van der Waals surface area contributed by atoms with Crippen LogP contribution in [0.2, 0.25) is 0 Å². The van der Waals surface area contributed by atoms with Crippen molar-refractivity contribution in [1.29, 1.82) is 0 Å². The summed E-state index contributed by atoms with van der Waals surface area (Å²) in [5, 5.41) is 7.48. The Morgan fingerprint density at radius 2 is 2.05 bits per heavy atom. The molecule has 100 valence electrons. The van der Waals surface area contributed by atoms with Gasteiger partial charge in [-0.3, -0.25) is 4.79 Å². The Morgan fingerprint density at radius 3 is 2.68 bits per heavy atom. The molecule has 1 heterocycles. The van der Waals surface area contributed by atoms with Crippen LogP contribution in [0.25, 0.3) is 11.5 Å². The predicted molar refractivity (Wildman–Crippen MR) is 67.0 cm³/mol. The maximum Gasteiger partial charge on any atom is 0.319 e. The first-order valence-electron chi connectivity index (χ1n) is 5.44. The van der Waals surface area contributed by atoms with E-state index >= 15 is 0 Å². The van der Waals surface area contributed by atoms with Gasteiger partial charge in [-0.15, -0.1) is 10.2 Å². The SMILES string of the molecule is COC(=O)C(C)Sc1nnc(-c2ccc(F)cc2)o1. The minimum absolute atomic E-state index is 0.261. The predicted octanol–water partition coefficient (Wildman–Crippen LogP) is 2.53. The van der Waals surface area contributed by atoms with Gasteiger partial charge in [0.2, 0.25) is 5.89 Å². The number of halogens is 1. The Balaban J connectivity index is 2.11. The minimum Gasteiger partial charge on any atom is -0.468 e. The van der Waals surface area contributed by atoms with Crippen LogP contribution >= 0.6 is 11.8 Å². The van der Waals surface area contributed by atoms with Crippen molar-refractivity contribution in [1.82, 2.24) is 10.2 Å². The zero-order valence-corrected chi connectivity index (χ0v) is 11.1. The van der Waals surface area contributed by atoms with Gasteiger partial charge in [0.05, 0.1) is 7.11 Å². The maximum absolute atomic E-state index is 12.8. The second-order valence-electron chi connectivity index (χ2n) is 3.66. The summed E-state index contributed by atoms with van der Waals surface area (Å²) in [5.41, 5.74) is 0.617. The molecule has 0 aliphatic rings. The molecule has 0 aliphatic heterocycles. The number of aromatic nitrogens is 2. The molecule has 7 heteroatoms. The van der Waals surface area contributed by atoms with Crippen molar-refractivity contribution in [2.75, 3.05) is 7.11 Å². The topological polar surface area (TPSA) is 65.2 Å². The Labute approximate surface area is 113 Å². The lowest BCUT2D eigenvalue weighted by molar-refractivity contribution is -0.139. The highest BCUT2D eigenvalue weighted by molar-refractivity contribution is 8.00. The minimum atomic E-state index is -0.438. The van der Waals surface area contributed by atoms with Crippen LogP contribution in [0, 0.1) is 5.82 Å². The van der Waals surface area contributed by atoms with Gasteiger partial charge in [0, 0.05) is 5.56 Å². The van der Waals surface area contributed by atoms with Crippen molar-refractivity contribution in [3.63, 3.8) is 0 Å². The summed E-state index contributed by atoms with van der Waals surface area (Å²) in [5.74, 6) is -0.428. The van der Waals surface area contributed by atoms with E-state index in [2.05, 4.69) is 14.9 Å². The Bertz CT molecular complexity index is 571. The number of nitrogens with zero attached hydrogens (tertiary/aromatic N) is 2. The number of carbonyl (C=O) groups is 1. The molecule has 0 bridgehead atoms. The number of ether oxygens (including phenoxy) is 1. The quantitative estimate of drug-likeness (QED) is 0.634. The van der Waals surface area contributed by atoms with E-state index in [9.17, 15) is 9.18 Å². The second-order valence-corrected chi connectivity index (χ2v) is 4.96. The monoisotopic (exact) mass is 282 g/mol. The standard InChI is InChI=1S/C12H11FN2O3S/c1-7(11(16)17-2)19-12-15-14-10(18-12)8-3-5-9(13)6-4-8/h3-7H,1-2H3. The van der Waals surface area contributed by atoms with Crippen LogP contribution in [0.4, 0.5) is 4.39 Å². The van der Waals surface area contributed by atoms with E-state index in [-0.39, 0.29) is 22.9 Å². The average molecular weight is 282 g/mol. The molecule has 0 radical (unpaired) electrons. The van der Waals surface area contributed by atoms with Gasteiger partial charge in [-0.25, -0.2) is 4.39 Å². The number of methoxy groups -OCH3 is 1. The highest BCUT2D eigenvalue weighted by atomic mass is 32.2. The molecular formula is C12H11FN2O3S. The summed E-state index contributed by atoms with van der Waals surface area (Å²) < 4.78 is 22.8. The molecule has 0 saturated heterocycles. The van der Waals surface area contributed by atoms with E-state index in [1.807, 2.05) is 0 Å². The molecule has 0 aliphatic carbocycles. The van der Waals surface area contributed by atoms with E-state index < -0.39 is 5.25 Å². The third-order valence-corrected chi connectivity index (χ3v) is 3.22. The van der Waals surface area contributed by atoms with Gasteiger partial charge in [-0.05, 0) is 31.2 Å². The third kappa shape index (κ3) is 3.31. The summed E-state index contributed by atoms with van der Waals surface area (Å²) in [6.45, 7) is 1.68. The molecule has 2 aromatic rings. The largest absolute Gasteiger partial charge is 0.468 e. The number of esters is 1. The highest BCUT2D eigenvalue weighted by Crippen LogP contribution is 2.26. The van der Waals surface area contributed by atoms with E-state index in [0.717, 1.165) is 11.8 Å². The fraction of sp³-hybridized carbons (Fsp3) is 0.250. The molecule has 0 fully saturated rings. The van der Waals surface area contributed by atoms with Crippen molar-refractivity contribution >= 4 is 17.7 Å². The van der Waals surface area contributed by atoms with Crippen molar-refractivity contribution in [3.8, 4) is 11.5 Å². The van der Waals surface area contributed by atoms with Crippen LogP contribution in [-0.4, -0.2) is 28.5 Å². The number of benzene rings is 1. The number of carbonyl (C=O) groups excluding carboxylic acids is 1. The maximum atomic E-state index is 12.8. The first-order chi connectivity index (χ1) is 9.10. The molecule has 2 rings (SSSR count). The number of hydrogen-bond donors (Lipinski definition) is 0. The van der Waals surface area contributed by atoms with Crippen molar-refractivity contribution in [2.24, 2.45) is 0 Å². The number of hydrogen-bond acceptors (Lipinski definition) is 6. The second kappa shape index (κ2) is 5.83. The lowest BCUT2D eigenvalue weighted by Gasteiger charge is -2.04. The van der Waals surface area contributed by atoms with Crippen LogP contribution in [0.15, 0.2) is 33.9 Å². The Kier molecular flexibility index (Phi) is 4.16. The summed E-state index contributed by atoms with van der Waals surface area (Å²) in [6.07, 6.45) is 0. The molecule has 1 unspecified atom stereocenters. The summed E-state index contributed by atoms with van der Waals surface area (Å²) >= 11 is 1.11. The van der Waals surface area contributed by atoms with Crippen LogP contribution in [0.3, 0.4) is 0 Å². The molecule has 1 aromatic carbocycles. The molecule has 0 saturated carbocycles. The highest BCUT2D eigenvalue weighted by Gasteiger charge is 2.18. The zero-order valence-electron chi connectivity index (χ0n) is 10.3. The third-order valence-electron chi connectivity index (χ3n) is 2.31. The van der Waals surface area contributed by atoms with Gasteiger partial charge in [0.1, 0.15) is 11.1 Å². The van der Waals surface area contributed by atoms with E-state index in [1.165, 1.54) is 19.2 Å². The fourth-order valence-corrected chi connectivity index (χ4v) is 2.04. The van der Waals surface area contributed by atoms with Gasteiger partial charge in [-0.1, -0.05) is 11.8 Å². The van der Waals surface area contributed by atoms with Crippen molar-refractivity contribution in [3.05, 3.63) is 30.1 Å². The number of rotatable bonds is 4. The lowest BCUT2D eigenvalue weighted by Crippen LogP contribution is -2.14. The molecule has 1 atom stereocenters. The normalized spacial score (nSPS) is 12.2. The van der Waals surface area contributed by atoms with Gasteiger partial charge in [-0.2, -0.15) is 0 Å². The van der Waals surface area contributed by atoms with E-state index in [0.29, 0.717) is 5.56 Å². The van der Waals surface area contributed by atoms with E-state index in [4.69, 9.17) is 4.42 Å². The van der Waals surface area contributed by atoms with E-state index in [1.54, 1.807) is 19.1 Å². The number of thioether (sulfide) groups is 1. The van der Waals surface area contributed by atoms with Gasteiger partial charge in [0.25, 0.3) is 5.22 Å². The summed E-state index contributed by atoms with van der Waals surface area (Å²) in [7, 11) is 1.32. The zero-order chi connectivity index (χ0) is 13.8. The average Bonchev–Trinajstić information content (AvgIpc) is 2.87. The van der Waals surface area contributed by atoms with Crippen molar-refractivity contribution in [2.45, 2.75) is 17.4 Å².